The van der Waals surface area contributed by atoms with Crippen molar-refractivity contribution in [3.8, 4) is 18.2 Å². The molecule has 120 valence electrons. The molecule has 0 radical (unpaired) electrons. The zero-order chi connectivity index (χ0) is 18.0. The van der Waals surface area contributed by atoms with Gasteiger partial charge in [-0.15, -0.1) is 0 Å². The van der Waals surface area contributed by atoms with Gasteiger partial charge < -0.3 is 14.6 Å². The first-order chi connectivity index (χ1) is 11.2. The van der Waals surface area contributed by atoms with Crippen LogP contribution in [0.4, 0.5) is 5.69 Å². The van der Waals surface area contributed by atoms with Crippen LogP contribution in [0, 0.1) is 34.0 Å². The maximum atomic E-state index is 9.05. The number of hydrogen-bond donors (Lipinski definition) is 1. The fourth-order valence-corrected chi connectivity index (χ4v) is 2.13. The Labute approximate surface area is 142 Å². The van der Waals surface area contributed by atoms with Gasteiger partial charge in [0.2, 0.25) is 0 Å². The molecular weight excluding hydrogens is 303 g/mol. The standard InChI is InChI=1S/C17H17BN4O2/c1-16(2)17(3,4)24-18(23-16)13-5-7-14(8-6-13)22-15(11-21)12(9-19)10-20/h5-8,22H,1-4H3. The van der Waals surface area contributed by atoms with E-state index in [0.717, 1.165) is 5.46 Å². The molecule has 0 bridgehead atoms. The molecule has 0 unspecified atom stereocenters. The predicted octanol–water partition coefficient (Wildman–Crippen LogP) is 2.22. The molecule has 1 fully saturated rings. The van der Waals surface area contributed by atoms with Crippen molar-refractivity contribution in [3.63, 3.8) is 0 Å². The third-order valence-electron chi connectivity index (χ3n) is 4.29. The molecule has 1 aromatic carbocycles. The van der Waals surface area contributed by atoms with Crippen LogP contribution < -0.4 is 10.8 Å². The minimum atomic E-state index is -0.469. The summed E-state index contributed by atoms with van der Waals surface area (Å²) in [5.41, 5.74) is 0.271. The van der Waals surface area contributed by atoms with E-state index in [4.69, 9.17) is 25.1 Å². The van der Waals surface area contributed by atoms with Crippen LogP contribution in [-0.2, 0) is 9.31 Å². The number of allylic oxidation sites excluding steroid dienone is 2. The first-order valence-electron chi connectivity index (χ1n) is 7.41. The Morgan fingerprint density at radius 3 is 1.83 bits per heavy atom. The molecule has 1 aliphatic rings. The second-order valence-corrected chi connectivity index (χ2v) is 6.42. The number of nitrogens with one attached hydrogen (secondary N) is 1. The fourth-order valence-electron chi connectivity index (χ4n) is 2.13. The van der Waals surface area contributed by atoms with E-state index in [-0.39, 0.29) is 11.3 Å². The van der Waals surface area contributed by atoms with E-state index in [1.165, 1.54) is 0 Å². The van der Waals surface area contributed by atoms with Crippen LogP contribution in [0.1, 0.15) is 27.7 Å². The Hall–Kier alpha value is -2.79. The summed E-state index contributed by atoms with van der Waals surface area (Å²) in [5.74, 6) is 0. The fraction of sp³-hybridized carbons (Fsp3) is 0.353. The van der Waals surface area contributed by atoms with E-state index in [2.05, 4.69) is 5.32 Å². The molecular formula is C17H17BN4O2. The molecule has 0 amide bonds. The number of nitriles is 3. The predicted molar refractivity (Wildman–Crippen MR) is 89.6 cm³/mol. The van der Waals surface area contributed by atoms with Crippen LogP contribution in [0.3, 0.4) is 0 Å². The summed E-state index contributed by atoms with van der Waals surface area (Å²) in [4.78, 5) is 0. The van der Waals surface area contributed by atoms with E-state index in [1.54, 1.807) is 24.3 Å². The summed E-state index contributed by atoms with van der Waals surface area (Å²) >= 11 is 0. The van der Waals surface area contributed by atoms with E-state index < -0.39 is 18.3 Å². The molecule has 0 saturated carbocycles. The lowest BCUT2D eigenvalue weighted by molar-refractivity contribution is 0.00578. The topological polar surface area (TPSA) is 102 Å². The highest BCUT2D eigenvalue weighted by molar-refractivity contribution is 6.62. The smallest absolute Gasteiger partial charge is 0.399 e. The highest BCUT2D eigenvalue weighted by atomic mass is 16.7. The Bertz CT molecular complexity index is 760. The van der Waals surface area contributed by atoms with Crippen LogP contribution in [0.25, 0.3) is 0 Å². The van der Waals surface area contributed by atoms with Gasteiger partial charge in [-0.1, -0.05) is 12.1 Å². The summed E-state index contributed by atoms with van der Waals surface area (Å²) in [7, 11) is -0.469. The number of rotatable bonds is 3. The Morgan fingerprint density at radius 1 is 0.917 bits per heavy atom. The highest BCUT2D eigenvalue weighted by Crippen LogP contribution is 2.36. The minimum Gasteiger partial charge on any atom is -0.399 e. The van der Waals surface area contributed by atoms with Gasteiger partial charge in [0.25, 0.3) is 0 Å². The first kappa shape index (κ1) is 17.6. The Morgan fingerprint density at radius 2 is 1.42 bits per heavy atom. The van der Waals surface area contributed by atoms with Gasteiger partial charge in [-0.2, -0.15) is 15.8 Å². The van der Waals surface area contributed by atoms with Crippen LogP contribution in [0.2, 0.25) is 0 Å². The van der Waals surface area contributed by atoms with E-state index in [9.17, 15) is 0 Å². The van der Waals surface area contributed by atoms with Gasteiger partial charge in [0.15, 0.2) is 5.57 Å². The quantitative estimate of drug-likeness (QED) is 0.677. The molecule has 2 rings (SSSR count). The number of nitrogens with zero attached hydrogens (tertiary/aromatic N) is 3. The van der Waals surface area contributed by atoms with Crippen molar-refractivity contribution in [1.29, 1.82) is 15.8 Å². The third-order valence-corrected chi connectivity index (χ3v) is 4.29. The molecule has 1 saturated heterocycles. The van der Waals surface area contributed by atoms with Gasteiger partial charge in [0, 0.05) is 5.69 Å². The molecule has 1 N–H and O–H groups in total. The molecule has 0 aromatic heterocycles. The monoisotopic (exact) mass is 320 g/mol. The Balaban J connectivity index is 2.19. The molecule has 6 nitrogen and oxygen atoms in total. The SMILES string of the molecule is CC1(C)OB(c2ccc(NC(C#N)=C(C#N)C#N)cc2)OC1(C)C. The molecule has 0 aliphatic carbocycles. The zero-order valence-electron chi connectivity index (χ0n) is 14.0. The van der Waals surface area contributed by atoms with Gasteiger partial charge in [-0.05, 0) is 45.3 Å². The molecule has 0 spiro atoms. The van der Waals surface area contributed by atoms with Crippen molar-refractivity contribution in [1.82, 2.24) is 0 Å². The van der Waals surface area contributed by atoms with Gasteiger partial charge in [0.1, 0.15) is 23.9 Å². The van der Waals surface area contributed by atoms with E-state index >= 15 is 0 Å². The lowest BCUT2D eigenvalue weighted by Crippen LogP contribution is -2.41. The van der Waals surface area contributed by atoms with Crippen LogP contribution >= 0.6 is 0 Å². The summed E-state index contributed by atoms with van der Waals surface area (Å²) in [6, 6.07) is 12.3. The molecule has 0 atom stereocenters. The summed E-state index contributed by atoms with van der Waals surface area (Å²) in [5, 5.41) is 29.5. The average Bonchev–Trinajstić information content (AvgIpc) is 2.76. The second-order valence-electron chi connectivity index (χ2n) is 6.42. The summed E-state index contributed by atoms with van der Waals surface area (Å²) < 4.78 is 11.9. The normalized spacial score (nSPS) is 17.3. The number of anilines is 1. The van der Waals surface area contributed by atoms with Gasteiger partial charge in [0.05, 0.1) is 11.2 Å². The lowest BCUT2D eigenvalue weighted by Gasteiger charge is -2.32. The maximum Gasteiger partial charge on any atom is 0.494 e. The van der Waals surface area contributed by atoms with Gasteiger partial charge >= 0.3 is 7.12 Å². The summed E-state index contributed by atoms with van der Waals surface area (Å²) in [6.07, 6.45) is 0. The van der Waals surface area contributed by atoms with Crippen LogP contribution in [0.15, 0.2) is 35.5 Å². The van der Waals surface area contributed by atoms with E-state index in [1.807, 2.05) is 45.9 Å². The Kier molecular flexibility index (Phi) is 4.67. The zero-order valence-corrected chi connectivity index (χ0v) is 14.0. The largest absolute Gasteiger partial charge is 0.494 e. The lowest BCUT2D eigenvalue weighted by atomic mass is 9.79. The highest BCUT2D eigenvalue weighted by Gasteiger charge is 2.51. The van der Waals surface area contributed by atoms with Crippen molar-refractivity contribution in [2.75, 3.05) is 5.32 Å². The molecule has 1 aliphatic heterocycles. The molecule has 7 heteroatoms. The average molecular weight is 320 g/mol. The van der Waals surface area contributed by atoms with E-state index in [0.29, 0.717) is 5.69 Å². The molecule has 1 aromatic rings. The summed E-state index contributed by atoms with van der Waals surface area (Å²) in [6.45, 7) is 7.94. The maximum absolute atomic E-state index is 9.05. The van der Waals surface area contributed by atoms with Crippen molar-refractivity contribution in [3.05, 3.63) is 35.5 Å². The number of benzene rings is 1. The molecule has 1 heterocycles. The second kappa shape index (κ2) is 6.38. The molecule has 24 heavy (non-hydrogen) atoms. The third kappa shape index (κ3) is 3.26. The first-order valence-corrected chi connectivity index (χ1v) is 7.41. The van der Waals surface area contributed by atoms with Crippen molar-refractivity contribution in [2.45, 2.75) is 38.9 Å². The number of hydrogen-bond acceptors (Lipinski definition) is 6. The van der Waals surface area contributed by atoms with Crippen LogP contribution in [-0.4, -0.2) is 18.3 Å². The van der Waals surface area contributed by atoms with Gasteiger partial charge in [-0.25, -0.2) is 0 Å². The minimum absolute atomic E-state index is 0.0802. The van der Waals surface area contributed by atoms with Crippen molar-refractivity contribution >= 4 is 18.3 Å². The van der Waals surface area contributed by atoms with Gasteiger partial charge in [-0.3, -0.25) is 0 Å². The van der Waals surface area contributed by atoms with Crippen LogP contribution in [0.5, 0.6) is 0 Å². The van der Waals surface area contributed by atoms with Crippen molar-refractivity contribution in [2.24, 2.45) is 0 Å². The van der Waals surface area contributed by atoms with Crippen molar-refractivity contribution < 1.29 is 9.31 Å².